The van der Waals surface area contributed by atoms with Crippen LogP contribution in [0.5, 0.6) is 0 Å². The van der Waals surface area contributed by atoms with Gasteiger partial charge in [0.2, 0.25) is 17.7 Å². The van der Waals surface area contributed by atoms with Crippen LogP contribution in [0.3, 0.4) is 0 Å². The molecule has 2 saturated heterocycles. The number of carbonyl (C=O) groups excluding carboxylic acids is 3. The number of rotatable bonds is 7. The third-order valence-electron chi connectivity index (χ3n) is 9.93. The summed E-state index contributed by atoms with van der Waals surface area (Å²) in [4.78, 5) is 43.9. The van der Waals surface area contributed by atoms with Gasteiger partial charge in [-0.1, -0.05) is 75.2 Å². The summed E-state index contributed by atoms with van der Waals surface area (Å²) in [5, 5.41) is 6.38. The van der Waals surface area contributed by atoms with Crippen molar-refractivity contribution in [3.05, 3.63) is 77.4 Å². The molecule has 8 atom stereocenters. The molecule has 3 heterocycles. The second-order valence-electron chi connectivity index (χ2n) is 12.7. The van der Waals surface area contributed by atoms with Crippen LogP contribution in [0.1, 0.15) is 49.8 Å². The maximum Gasteiger partial charge on any atom is 0.246 e. The number of aryl methyl sites for hydroxylation is 2. The second-order valence-corrected chi connectivity index (χ2v) is 12.7. The van der Waals surface area contributed by atoms with Crippen LogP contribution in [0.4, 0.5) is 5.69 Å². The molecule has 41 heavy (non-hydrogen) atoms. The molecule has 1 spiro atoms. The maximum atomic E-state index is 14.2. The third-order valence-corrected chi connectivity index (χ3v) is 9.93. The van der Waals surface area contributed by atoms with Crippen LogP contribution < -0.4 is 10.6 Å². The lowest BCUT2D eigenvalue weighted by molar-refractivity contribution is -0.141. The van der Waals surface area contributed by atoms with E-state index in [-0.39, 0.29) is 23.8 Å². The fourth-order valence-electron chi connectivity index (χ4n) is 7.72. The van der Waals surface area contributed by atoms with Crippen molar-refractivity contribution in [3.63, 3.8) is 0 Å². The zero-order valence-corrected chi connectivity index (χ0v) is 24.4. The highest BCUT2D eigenvalue weighted by Crippen LogP contribution is 2.55. The van der Waals surface area contributed by atoms with Crippen molar-refractivity contribution >= 4 is 23.4 Å². The number of amides is 3. The smallest absolute Gasteiger partial charge is 0.246 e. The van der Waals surface area contributed by atoms with Crippen LogP contribution in [-0.4, -0.2) is 53.0 Å². The molecule has 1 aliphatic carbocycles. The first-order valence-corrected chi connectivity index (χ1v) is 15.1. The van der Waals surface area contributed by atoms with Gasteiger partial charge in [-0.25, -0.2) is 0 Å². The third kappa shape index (κ3) is 4.88. The van der Waals surface area contributed by atoms with Crippen LogP contribution >= 0.6 is 0 Å². The minimum atomic E-state index is -1.16. The van der Waals surface area contributed by atoms with Gasteiger partial charge in [0.1, 0.15) is 11.6 Å². The molecule has 2 aromatic rings. The van der Waals surface area contributed by atoms with Gasteiger partial charge in [0.05, 0.1) is 17.9 Å². The number of likely N-dealkylation sites (tertiary alicyclic amines) is 1. The number of ether oxygens (including phenoxy) is 1. The fourth-order valence-corrected chi connectivity index (χ4v) is 7.72. The van der Waals surface area contributed by atoms with E-state index < -0.39 is 29.6 Å². The normalized spacial score (nSPS) is 33.6. The highest BCUT2D eigenvalue weighted by Gasteiger charge is 2.72. The second kappa shape index (κ2) is 10.8. The van der Waals surface area contributed by atoms with Crippen LogP contribution in [-0.2, 0) is 25.5 Å². The molecule has 3 fully saturated rings. The van der Waals surface area contributed by atoms with E-state index >= 15 is 0 Å². The average Bonchev–Trinajstić information content (AvgIpc) is 3.57. The number of nitrogens with zero attached hydrogens (tertiary/aromatic N) is 1. The number of fused-ring (bicyclic) bond motifs is 1. The lowest BCUT2D eigenvalue weighted by atomic mass is 9.73. The van der Waals surface area contributed by atoms with Gasteiger partial charge >= 0.3 is 0 Å². The molecule has 2 aromatic carbocycles. The van der Waals surface area contributed by atoms with Crippen molar-refractivity contribution in [2.24, 2.45) is 23.7 Å². The first-order chi connectivity index (χ1) is 19.7. The van der Waals surface area contributed by atoms with E-state index in [0.29, 0.717) is 30.5 Å². The van der Waals surface area contributed by atoms with E-state index in [4.69, 9.17) is 4.74 Å². The largest absolute Gasteiger partial charge is 0.359 e. The Morgan fingerprint density at radius 2 is 1.76 bits per heavy atom. The number of carbonyl (C=O) groups is 3. The van der Waals surface area contributed by atoms with Crippen molar-refractivity contribution in [2.45, 2.75) is 77.2 Å². The summed E-state index contributed by atoms with van der Waals surface area (Å²) in [6.07, 6.45) is 7.00. The van der Waals surface area contributed by atoms with Gasteiger partial charge in [0, 0.05) is 18.3 Å². The topological polar surface area (TPSA) is 87.7 Å². The SMILES string of the molecule is Cc1cc(C)cc(NC(=O)[C@@H]2[C@@H]3C=C[C@]4(O3)[C@@H]2C(=O)N(CCc2ccccc2)[C@H]4C(=O)N[C@@H]2CCC[C@H](C)[C@H]2C)c1. The maximum absolute atomic E-state index is 14.2. The zero-order valence-electron chi connectivity index (χ0n) is 24.4. The monoisotopic (exact) mass is 555 g/mol. The first kappa shape index (κ1) is 27.7. The number of benzene rings is 2. The van der Waals surface area contributed by atoms with E-state index in [1.807, 2.05) is 68.5 Å². The summed E-state index contributed by atoms with van der Waals surface area (Å²) in [5.74, 6) is -1.20. The van der Waals surface area contributed by atoms with Gasteiger partial charge in [0.15, 0.2) is 0 Å². The van der Waals surface area contributed by atoms with Crippen LogP contribution in [0, 0.1) is 37.5 Å². The average molecular weight is 556 g/mol. The van der Waals surface area contributed by atoms with E-state index in [1.165, 1.54) is 0 Å². The van der Waals surface area contributed by atoms with E-state index in [0.717, 1.165) is 36.0 Å². The molecular formula is C34H41N3O4. The molecule has 7 heteroatoms. The molecule has 1 saturated carbocycles. The Labute approximate surface area is 242 Å². The van der Waals surface area contributed by atoms with E-state index in [9.17, 15) is 14.4 Å². The number of anilines is 1. The molecule has 3 aliphatic heterocycles. The summed E-state index contributed by atoms with van der Waals surface area (Å²) in [6.45, 7) is 8.80. The Hall–Kier alpha value is -3.45. The predicted molar refractivity (Wildman–Crippen MR) is 158 cm³/mol. The Morgan fingerprint density at radius 1 is 1.02 bits per heavy atom. The minimum Gasteiger partial charge on any atom is -0.359 e. The van der Waals surface area contributed by atoms with Crippen molar-refractivity contribution in [2.75, 3.05) is 11.9 Å². The predicted octanol–water partition coefficient (Wildman–Crippen LogP) is 4.58. The lowest BCUT2D eigenvalue weighted by Gasteiger charge is -2.38. The standard InChI is InChI=1S/C34H41N3O4/c1-20-17-21(2)19-25(18-20)35-31(38)28-27-13-15-34(41-27)29(28)33(40)37(16-14-24-10-6-5-7-11-24)30(34)32(39)36-26-12-8-9-22(3)23(26)4/h5-7,10-11,13,15,17-19,22-23,26-30H,8-9,12,14,16H2,1-4H3,(H,35,38)(H,36,39)/t22-,23+,26+,27-,28+,29-,30-,34-/m0/s1. The quantitative estimate of drug-likeness (QED) is 0.490. The minimum absolute atomic E-state index is 0.0546. The highest BCUT2D eigenvalue weighted by atomic mass is 16.5. The molecule has 3 amide bonds. The number of nitrogens with one attached hydrogen (secondary N) is 2. The van der Waals surface area contributed by atoms with Gasteiger partial charge in [-0.2, -0.15) is 0 Å². The summed E-state index contributed by atoms with van der Waals surface area (Å²) >= 11 is 0. The fraction of sp³-hybridized carbons (Fsp3) is 0.500. The Morgan fingerprint density at radius 3 is 2.49 bits per heavy atom. The van der Waals surface area contributed by atoms with Gasteiger partial charge in [0.25, 0.3) is 0 Å². The first-order valence-electron chi connectivity index (χ1n) is 15.1. The van der Waals surface area contributed by atoms with Crippen molar-refractivity contribution in [3.8, 4) is 0 Å². The molecule has 0 radical (unpaired) electrons. The van der Waals surface area contributed by atoms with Crippen LogP contribution in [0.2, 0.25) is 0 Å². The molecule has 7 nitrogen and oxygen atoms in total. The van der Waals surface area contributed by atoms with Crippen molar-refractivity contribution < 1.29 is 19.1 Å². The Bertz CT molecular complexity index is 1350. The lowest BCUT2D eigenvalue weighted by Crippen LogP contribution is -2.58. The van der Waals surface area contributed by atoms with E-state index in [2.05, 4.69) is 30.5 Å². The number of hydrogen-bond acceptors (Lipinski definition) is 4. The summed E-state index contributed by atoms with van der Waals surface area (Å²) < 4.78 is 6.53. The molecule has 216 valence electrons. The number of hydrogen-bond donors (Lipinski definition) is 2. The molecule has 4 aliphatic rings. The molecule has 2 N–H and O–H groups in total. The van der Waals surface area contributed by atoms with Gasteiger partial charge in [-0.05, 0) is 67.3 Å². The van der Waals surface area contributed by atoms with Crippen LogP contribution in [0.15, 0.2) is 60.7 Å². The van der Waals surface area contributed by atoms with E-state index in [1.54, 1.807) is 4.90 Å². The van der Waals surface area contributed by atoms with Gasteiger partial charge < -0.3 is 20.3 Å². The Balaban J connectivity index is 1.30. The van der Waals surface area contributed by atoms with Crippen LogP contribution in [0.25, 0.3) is 0 Å². The van der Waals surface area contributed by atoms with Crippen molar-refractivity contribution in [1.29, 1.82) is 0 Å². The molecule has 6 rings (SSSR count). The summed E-state index contributed by atoms with van der Waals surface area (Å²) in [7, 11) is 0. The molecular weight excluding hydrogens is 514 g/mol. The molecule has 2 bridgehead atoms. The van der Waals surface area contributed by atoms with Crippen molar-refractivity contribution in [1.82, 2.24) is 10.2 Å². The highest BCUT2D eigenvalue weighted by molar-refractivity contribution is 6.02. The molecule has 0 aromatic heterocycles. The molecule has 0 unspecified atom stereocenters. The zero-order chi connectivity index (χ0) is 28.9. The summed E-state index contributed by atoms with van der Waals surface area (Å²) in [6, 6.07) is 15.1. The summed E-state index contributed by atoms with van der Waals surface area (Å²) in [5.41, 5.74) is 2.74. The Kier molecular flexibility index (Phi) is 7.26. The van der Waals surface area contributed by atoms with Gasteiger partial charge in [-0.3, -0.25) is 14.4 Å². The van der Waals surface area contributed by atoms with Gasteiger partial charge in [-0.15, -0.1) is 0 Å².